The minimum atomic E-state index is -2.75. The normalized spacial score (nSPS) is 20.6. The van der Waals surface area contributed by atoms with Crippen LogP contribution in [0.3, 0.4) is 0 Å². The number of rotatable bonds is 6. The third-order valence-corrected chi connectivity index (χ3v) is 8.33. The number of aromatic nitrogens is 7. The average molecular weight is 572 g/mol. The van der Waals surface area contributed by atoms with E-state index in [1.807, 2.05) is 11.0 Å². The van der Waals surface area contributed by atoms with Crippen molar-refractivity contribution in [1.82, 2.24) is 34.6 Å². The van der Waals surface area contributed by atoms with Crippen LogP contribution in [-0.4, -0.2) is 76.6 Å². The Labute approximate surface area is 230 Å². The summed E-state index contributed by atoms with van der Waals surface area (Å²) in [6, 6.07) is 4.76. The largest absolute Gasteiger partial charge is 0.384 e. The molecule has 41 heavy (non-hydrogen) atoms. The topological polar surface area (TPSA) is 126 Å². The molecule has 2 saturated carbocycles. The molecular formula is C26H25F4N9O2. The van der Waals surface area contributed by atoms with E-state index in [1.165, 1.54) is 17.2 Å². The fraction of sp³-hybridized carbons (Fsp3) is 0.462. The summed E-state index contributed by atoms with van der Waals surface area (Å²) in [5, 5.41) is 24.9. The minimum absolute atomic E-state index is 0.0734. The van der Waals surface area contributed by atoms with Gasteiger partial charge >= 0.3 is 0 Å². The molecule has 0 aromatic carbocycles. The van der Waals surface area contributed by atoms with Gasteiger partial charge in [0.25, 0.3) is 18.3 Å². The second-order valence-electron chi connectivity index (χ2n) is 11.5. The van der Waals surface area contributed by atoms with Gasteiger partial charge in [0.2, 0.25) is 5.82 Å². The number of tetrazole rings is 1. The number of pyridine rings is 2. The number of hydrogen-bond donors (Lipinski definition) is 2. The van der Waals surface area contributed by atoms with Crippen molar-refractivity contribution in [3.05, 3.63) is 48.2 Å². The summed E-state index contributed by atoms with van der Waals surface area (Å²) in [6.07, 6.45) is 1.47. The molecule has 4 aromatic heterocycles. The molecule has 1 amide bonds. The predicted octanol–water partition coefficient (Wildman–Crippen LogP) is 3.51. The Kier molecular flexibility index (Phi) is 5.46. The molecule has 2 aliphatic carbocycles. The van der Waals surface area contributed by atoms with Gasteiger partial charge in [-0.3, -0.25) is 14.2 Å². The number of fused-ring (bicyclic) bond motifs is 1. The van der Waals surface area contributed by atoms with E-state index < -0.39 is 29.9 Å². The number of anilines is 2. The highest BCUT2D eigenvalue weighted by molar-refractivity contribution is 6.04. The maximum Gasteiger partial charge on any atom is 0.274 e. The molecule has 3 aliphatic rings. The first-order valence-electron chi connectivity index (χ1n) is 13.1. The molecule has 7 rings (SSSR count). The number of imidazole rings is 1. The van der Waals surface area contributed by atoms with Crippen LogP contribution in [0.15, 0.2) is 36.8 Å². The zero-order valence-corrected chi connectivity index (χ0v) is 21.8. The van der Waals surface area contributed by atoms with Gasteiger partial charge in [0.1, 0.15) is 16.9 Å². The molecule has 5 heterocycles. The van der Waals surface area contributed by atoms with Crippen molar-refractivity contribution < 1.29 is 27.5 Å². The quantitative estimate of drug-likeness (QED) is 0.337. The van der Waals surface area contributed by atoms with E-state index >= 15 is 0 Å². The standard InChI is InChI=1S/C26H25F4N9O2/c1-14-18(4-15(7-31-14)21-34-36-39(35-21)17-5-26(29,30)6-17)33-22(40)19-8-32-20-3-2-16(9-38(19)20)37-12-24(13-37)10-25(41,11-24)23(27)28/h2-4,7-9,17,23,41H,5-6,10-13H2,1H3,(H,33,40). The molecule has 1 aliphatic heterocycles. The summed E-state index contributed by atoms with van der Waals surface area (Å²) >= 11 is 0. The Morgan fingerprint density at radius 1 is 1.15 bits per heavy atom. The lowest BCUT2D eigenvalue weighted by atomic mass is 9.55. The van der Waals surface area contributed by atoms with Crippen molar-refractivity contribution in [2.75, 3.05) is 23.3 Å². The summed E-state index contributed by atoms with van der Waals surface area (Å²) in [7, 11) is 0. The zero-order chi connectivity index (χ0) is 28.7. The van der Waals surface area contributed by atoms with Crippen LogP contribution in [0.1, 0.15) is 47.9 Å². The van der Waals surface area contributed by atoms with Crippen LogP contribution < -0.4 is 10.2 Å². The fourth-order valence-corrected chi connectivity index (χ4v) is 6.15. The van der Waals surface area contributed by atoms with Gasteiger partial charge in [0.15, 0.2) is 0 Å². The van der Waals surface area contributed by atoms with E-state index in [-0.39, 0.29) is 42.6 Å². The van der Waals surface area contributed by atoms with Crippen molar-refractivity contribution in [2.45, 2.75) is 56.6 Å². The van der Waals surface area contributed by atoms with Gasteiger partial charge in [-0.25, -0.2) is 22.5 Å². The van der Waals surface area contributed by atoms with Crippen molar-refractivity contribution in [1.29, 1.82) is 0 Å². The number of carbonyl (C=O) groups excluding carboxylic acids is 1. The van der Waals surface area contributed by atoms with Gasteiger partial charge in [-0.15, -0.1) is 10.2 Å². The molecule has 0 unspecified atom stereocenters. The maximum atomic E-state index is 13.3. The van der Waals surface area contributed by atoms with Gasteiger partial charge in [-0.05, 0) is 43.2 Å². The third-order valence-electron chi connectivity index (χ3n) is 8.33. The second-order valence-corrected chi connectivity index (χ2v) is 11.5. The smallest absolute Gasteiger partial charge is 0.274 e. The van der Waals surface area contributed by atoms with Gasteiger partial charge in [-0.2, -0.15) is 4.80 Å². The van der Waals surface area contributed by atoms with E-state index in [0.29, 0.717) is 35.7 Å². The lowest BCUT2D eigenvalue weighted by Gasteiger charge is -2.62. The average Bonchev–Trinajstić information content (AvgIpc) is 3.52. The van der Waals surface area contributed by atoms with Crippen molar-refractivity contribution in [2.24, 2.45) is 5.41 Å². The SMILES string of the molecule is Cc1ncc(-c2nnn(C3CC(F)(F)C3)n2)cc1NC(=O)c1cnc2ccc(N3CC4(C3)CC(O)(C(F)F)C4)cn12. The highest BCUT2D eigenvalue weighted by atomic mass is 19.3. The van der Waals surface area contributed by atoms with E-state index in [9.17, 15) is 27.5 Å². The first-order valence-corrected chi connectivity index (χ1v) is 13.1. The summed E-state index contributed by atoms with van der Waals surface area (Å²) in [4.78, 5) is 25.2. The number of nitrogens with one attached hydrogen (secondary N) is 1. The number of carbonyl (C=O) groups is 1. The van der Waals surface area contributed by atoms with Crippen molar-refractivity contribution in [3.63, 3.8) is 0 Å². The number of hydrogen-bond acceptors (Lipinski definition) is 8. The first kappa shape index (κ1) is 25.8. The monoisotopic (exact) mass is 571 g/mol. The molecule has 11 nitrogen and oxygen atoms in total. The molecule has 2 N–H and O–H groups in total. The number of alkyl halides is 4. The molecule has 0 atom stereocenters. The van der Waals surface area contributed by atoms with Gasteiger partial charge in [-0.1, -0.05) is 0 Å². The lowest BCUT2D eigenvalue weighted by molar-refractivity contribution is -0.209. The molecule has 15 heteroatoms. The van der Waals surface area contributed by atoms with Crippen LogP contribution in [-0.2, 0) is 0 Å². The Hall–Kier alpha value is -4.14. The summed E-state index contributed by atoms with van der Waals surface area (Å²) < 4.78 is 54.2. The molecule has 1 spiro atoms. The van der Waals surface area contributed by atoms with E-state index in [0.717, 1.165) is 5.69 Å². The number of aryl methyl sites for hydroxylation is 1. The summed E-state index contributed by atoms with van der Waals surface area (Å²) in [6.45, 7) is 2.81. The second kappa shape index (κ2) is 8.68. The van der Waals surface area contributed by atoms with Gasteiger partial charge in [0, 0.05) is 49.3 Å². The van der Waals surface area contributed by atoms with Crippen LogP contribution in [0, 0.1) is 12.3 Å². The molecule has 3 fully saturated rings. The molecule has 0 bridgehead atoms. The zero-order valence-electron chi connectivity index (χ0n) is 21.8. The first-order chi connectivity index (χ1) is 19.4. The van der Waals surface area contributed by atoms with Crippen LogP contribution in [0.4, 0.5) is 28.9 Å². The fourth-order valence-electron chi connectivity index (χ4n) is 6.15. The molecular weight excluding hydrogens is 546 g/mol. The van der Waals surface area contributed by atoms with Crippen LogP contribution in [0.5, 0.6) is 0 Å². The molecule has 1 saturated heterocycles. The summed E-state index contributed by atoms with van der Waals surface area (Å²) in [5.41, 5.74) is 0.837. The molecule has 0 radical (unpaired) electrons. The molecule has 214 valence electrons. The van der Waals surface area contributed by atoms with E-state index in [1.54, 1.807) is 29.7 Å². The Balaban J connectivity index is 1.07. The third kappa shape index (κ3) is 4.29. The number of halogens is 4. The lowest BCUT2D eigenvalue weighted by Crippen LogP contribution is -2.70. The predicted molar refractivity (Wildman–Crippen MR) is 137 cm³/mol. The van der Waals surface area contributed by atoms with Crippen molar-refractivity contribution in [3.8, 4) is 11.4 Å². The number of aliphatic hydroxyl groups is 1. The summed E-state index contributed by atoms with van der Waals surface area (Å²) in [5.74, 6) is -2.95. The van der Waals surface area contributed by atoms with E-state index in [2.05, 4.69) is 30.7 Å². The van der Waals surface area contributed by atoms with Crippen LogP contribution in [0.25, 0.3) is 17.0 Å². The highest BCUT2D eigenvalue weighted by Crippen LogP contribution is 2.56. The van der Waals surface area contributed by atoms with Crippen LogP contribution in [0.2, 0.25) is 0 Å². The Bertz CT molecular complexity index is 1660. The van der Waals surface area contributed by atoms with Gasteiger partial charge in [0.05, 0.1) is 29.3 Å². The van der Waals surface area contributed by atoms with Gasteiger partial charge < -0.3 is 15.3 Å². The maximum absolute atomic E-state index is 13.3. The van der Waals surface area contributed by atoms with E-state index in [4.69, 9.17) is 0 Å². The number of nitrogens with zero attached hydrogens (tertiary/aromatic N) is 8. The molecule has 4 aromatic rings. The van der Waals surface area contributed by atoms with Crippen LogP contribution >= 0.6 is 0 Å². The Morgan fingerprint density at radius 3 is 2.61 bits per heavy atom. The van der Waals surface area contributed by atoms with Crippen molar-refractivity contribution >= 4 is 22.9 Å². The highest BCUT2D eigenvalue weighted by Gasteiger charge is 2.63. The number of amides is 1. The minimum Gasteiger partial charge on any atom is -0.384 e. The Morgan fingerprint density at radius 2 is 1.90 bits per heavy atom.